The summed E-state index contributed by atoms with van der Waals surface area (Å²) in [4.78, 5) is -1.35. The molecule has 0 aliphatic rings. The first-order valence-corrected chi connectivity index (χ1v) is 4.94. The molecular weight excluding hydrogens is 230 g/mol. The topological polar surface area (TPSA) is 9.23 Å². The lowest BCUT2D eigenvalue weighted by Crippen LogP contribution is -1.96. The first kappa shape index (κ1) is 14.6. The van der Waals surface area contributed by atoms with E-state index in [1.807, 2.05) is 13.8 Å². The standard InChI is InChI=1S/C4H10O.C2H2Cl4/c1-3-5-4-2;3-1(4)2(5)6/h3-4H2,1-2H3;1-2H. The second-order valence-electron chi connectivity index (χ2n) is 1.45. The van der Waals surface area contributed by atoms with Crippen LogP contribution in [0, 0.1) is 0 Å². The van der Waals surface area contributed by atoms with Crippen LogP contribution < -0.4 is 0 Å². The molecule has 1 nitrogen and oxygen atoms in total. The molecule has 0 aromatic carbocycles. The zero-order chi connectivity index (χ0) is 9.28. The summed E-state index contributed by atoms with van der Waals surface area (Å²) in [5, 5.41) is 0. The van der Waals surface area contributed by atoms with Crippen molar-refractivity contribution in [3.8, 4) is 0 Å². The molecule has 0 N–H and O–H groups in total. The van der Waals surface area contributed by atoms with Crippen LogP contribution in [0.4, 0.5) is 0 Å². The molecule has 0 spiro atoms. The molecule has 0 saturated heterocycles. The lowest BCUT2D eigenvalue weighted by atomic mass is 10.8. The third-order valence-corrected chi connectivity index (χ3v) is 2.12. The monoisotopic (exact) mass is 240 g/mol. The van der Waals surface area contributed by atoms with Crippen molar-refractivity contribution in [3.05, 3.63) is 0 Å². The SMILES string of the molecule is CCOCC.ClC(Cl)C(Cl)Cl. The molecule has 0 aliphatic carbocycles. The van der Waals surface area contributed by atoms with E-state index in [0.29, 0.717) is 0 Å². The largest absolute Gasteiger partial charge is 0.382 e. The van der Waals surface area contributed by atoms with Crippen LogP contribution in [0.5, 0.6) is 0 Å². The summed E-state index contributed by atoms with van der Waals surface area (Å²) >= 11 is 20.5. The summed E-state index contributed by atoms with van der Waals surface area (Å²) in [6.45, 7) is 5.67. The molecule has 70 valence electrons. The van der Waals surface area contributed by atoms with Crippen molar-refractivity contribution >= 4 is 46.4 Å². The number of halogens is 4. The predicted octanol–water partition coefficient (Wildman–Crippen LogP) is 3.64. The number of hydrogen-bond acceptors (Lipinski definition) is 1. The average Bonchev–Trinajstić information content (AvgIpc) is 1.90. The van der Waals surface area contributed by atoms with Gasteiger partial charge < -0.3 is 4.74 Å². The van der Waals surface area contributed by atoms with Crippen LogP contribution >= 0.6 is 46.4 Å². The second-order valence-corrected chi connectivity index (χ2v) is 3.78. The van der Waals surface area contributed by atoms with E-state index in [-0.39, 0.29) is 0 Å². The van der Waals surface area contributed by atoms with Gasteiger partial charge in [-0.3, -0.25) is 0 Å². The number of alkyl halides is 4. The highest BCUT2D eigenvalue weighted by Gasteiger charge is 2.06. The van der Waals surface area contributed by atoms with Crippen LogP contribution in [-0.2, 0) is 4.74 Å². The summed E-state index contributed by atoms with van der Waals surface area (Å²) < 4.78 is 4.83. The zero-order valence-corrected chi connectivity index (χ0v) is 9.51. The van der Waals surface area contributed by atoms with Crippen LogP contribution in [-0.4, -0.2) is 22.9 Å². The lowest BCUT2D eigenvalue weighted by Gasteiger charge is -1.95. The van der Waals surface area contributed by atoms with E-state index in [4.69, 9.17) is 51.1 Å². The van der Waals surface area contributed by atoms with Crippen LogP contribution in [0.1, 0.15) is 13.8 Å². The van der Waals surface area contributed by atoms with Crippen molar-refractivity contribution < 1.29 is 4.74 Å². The summed E-state index contributed by atoms with van der Waals surface area (Å²) in [5.41, 5.74) is 0. The molecule has 0 radical (unpaired) electrons. The normalized spacial score (nSPS) is 9.82. The molecule has 0 amide bonds. The van der Waals surface area contributed by atoms with Gasteiger partial charge in [0.1, 0.15) is 9.67 Å². The Morgan fingerprint density at radius 3 is 1.18 bits per heavy atom. The first-order valence-electron chi connectivity index (χ1n) is 3.20. The molecule has 0 aromatic heterocycles. The van der Waals surface area contributed by atoms with E-state index in [1.165, 1.54) is 0 Å². The molecular formula is C6H12Cl4O. The smallest absolute Gasteiger partial charge is 0.137 e. The second kappa shape index (κ2) is 11.1. The Bertz CT molecular complexity index is 59.6. The highest BCUT2D eigenvalue weighted by Crippen LogP contribution is 2.16. The fourth-order valence-electron chi connectivity index (χ4n) is 0.204. The Morgan fingerprint density at radius 2 is 1.18 bits per heavy atom. The third kappa shape index (κ3) is 18.2. The Balaban J connectivity index is 0. The molecule has 0 aromatic rings. The van der Waals surface area contributed by atoms with Crippen LogP contribution in [0.25, 0.3) is 0 Å². The average molecular weight is 242 g/mol. The summed E-state index contributed by atoms with van der Waals surface area (Å²) in [7, 11) is 0. The molecule has 0 heterocycles. The molecule has 11 heavy (non-hydrogen) atoms. The van der Waals surface area contributed by atoms with Crippen molar-refractivity contribution in [2.75, 3.05) is 13.2 Å². The van der Waals surface area contributed by atoms with Gasteiger partial charge in [-0.2, -0.15) is 0 Å². The van der Waals surface area contributed by atoms with Crippen LogP contribution in [0.2, 0.25) is 0 Å². The van der Waals surface area contributed by atoms with Crippen LogP contribution in [0.15, 0.2) is 0 Å². The van der Waals surface area contributed by atoms with Gasteiger partial charge in [0.25, 0.3) is 0 Å². The molecule has 0 bridgehead atoms. The van der Waals surface area contributed by atoms with Gasteiger partial charge in [0, 0.05) is 13.2 Å². The predicted molar refractivity (Wildman–Crippen MR) is 53.2 cm³/mol. The Morgan fingerprint density at radius 1 is 0.909 bits per heavy atom. The van der Waals surface area contributed by atoms with Crippen LogP contribution in [0.3, 0.4) is 0 Å². The van der Waals surface area contributed by atoms with E-state index < -0.39 is 9.67 Å². The number of rotatable bonds is 3. The van der Waals surface area contributed by atoms with E-state index in [2.05, 4.69) is 0 Å². The third-order valence-electron chi connectivity index (χ3n) is 0.599. The molecule has 0 rings (SSSR count). The van der Waals surface area contributed by atoms with Gasteiger partial charge in [0.15, 0.2) is 0 Å². The van der Waals surface area contributed by atoms with Crippen molar-refractivity contribution in [1.82, 2.24) is 0 Å². The Kier molecular flexibility index (Phi) is 14.8. The summed E-state index contributed by atoms with van der Waals surface area (Å²) in [6, 6.07) is 0. The van der Waals surface area contributed by atoms with Crippen molar-refractivity contribution in [2.45, 2.75) is 23.5 Å². The molecule has 5 heteroatoms. The maximum atomic E-state index is 5.11. The van der Waals surface area contributed by atoms with Gasteiger partial charge in [-0.1, -0.05) is 0 Å². The van der Waals surface area contributed by atoms with E-state index >= 15 is 0 Å². The van der Waals surface area contributed by atoms with Gasteiger partial charge in [-0.05, 0) is 13.8 Å². The molecule has 0 aliphatic heterocycles. The maximum absolute atomic E-state index is 5.11. The Hall–Kier alpha value is 1.12. The minimum absolute atomic E-state index is 0.673. The van der Waals surface area contributed by atoms with Crippen molar-refractivity contribution in [3.63, 3.8) is 0 Å². The van der Waals surface area contributed by atoms with Gasteiger partial charge in [-0.15, -0.1) is 46.4 Å². The van der Waals surface area contributed by atoms with Gasteiger partial charge in [0.05, 0.1) is 0 Å². The Labute approximate surface area is 87.9 Å². The minimum Gasteiger partial charge on any atom is -0.382 e. The van der Waals surface area contributed by atoms with Gasteiger partial charge in [-0.25, -0.2) is 0 Å². The lowest BCUT2D eigenvalue weighted by molar-refractivity contribution is 0.162. The highest BCUT2D eigenvalue weighted by molar-refractivity contribution is 6.56. The fraction of sp³-hybridized carbons (Fsp3) is 1.00. The van der Waals surface area contributed by atoms with Gasteiger partial charge in [0.2, 0.25) is 0 Å². The number of hydrogen-bond donors (Lipinski definition) is 0. The highest BCUT2D eigenvalue weighted by atomic mass is 35.5. The molecule has 0 atom stereocenters. The van der Waals surface area contributed by atoms with E-state index in [9.17, 15) is 0 Å². The molecule has 0 unspecified atom stereocenters. The molecule has 0 saturated carbocycles. The summed E-state index contributed by atoms with van der Waals surface area (Å²) in [5.74, 6) is 0. The first-order chi connectivity index (χ1) is 5.06. The minimum atomic E-state index is -0.673. The summed E-state index contributed by atoms with van der Waals surface area (Å²) in [6.07, 6.45) is 0. The van der Waals surface area contributed by atoms with Crippen molar-refractivity contribution in [2.24, 2.45) is 0 Å². The van der Waals surface area contributed by atoms with Gasteiger partial charge >= 0.3 is 0 Å². The van der Waals surface area contributed by atoms with E-state index in [0.717, 1.165) is 13.2 Å². The molecule has 0 fully saturated rings. The van der Waals surface area contributed by atoms with Crippen molar-refractivity contribution in [1.29, 1.82) is 0 Å². The fourth-order valence-corrected chi connectivity index (χ4v) is 0.204. The maximum Gasteiger partial charge on any atom is 0.137 e. The number of ether oxygens (including phenoxy) is 1. The zero-order valence-electron chi connectivity index (χ0n) is 6.49. The van der Waals surface area contributed by atoms with E-state index in [1.54, 1.807) is 0 Å². The quantitative estimate of drug-likeness (QED) is 0.686.